The summed E-state index contributed by atoms with van der Waals surface area (Å²) in [4.78, 5) is 34.1. The van der Waals surface area contributed by atoms with Crippen molar-refractivity contribution in [1.82, 2.24) is 14.8 Å². The van der Waals surface area contributed by atoms with E-state index in [0.29, 0.717) is 24.7 Å². The number of aryl methyl sites for hydroxylation is 1. The predicted octanol–water partition coefficient (Wildman–Crippen LogP) is 5.11. The van der Waals surface area contributed by atoms with Gasteiger partial charge in [-0.05, 0) is 86.9 Å². The molecule has 1 amide bonds. The predicted molar refractivity (Wildman–Crippen MR) is 173 cm³/mol. The van der Waals surface area contributed by atoms with E-state index in [1.165, 1.54) is 18.7 Å². The van der Waals surface area contributed by atoms with Crippen LogP contribution in [0.5, 0.6) is 11.5 Å². The van der Waals surface area contributed by atoms with E-state index in [9.17, 15) is 9.59 Å². The van der Waals surface area contributed by atoms with E-state index >= 15 is 0 Å². The number of nitrogens with one attached hydrogen (secondary N) is 1. The van der Waals surface area contributed by atoms with E-state index in [2.05, 4.69) is 25.9 Å². The molecule has 1 saturated heterocycles. The van der Waals surface area contributed by atoms with Crippen molar-refractivity contribution in [2.45, 2.75) is 44.9 Å². The lowest BCUT2D eigenvalue weighted by Gasteiger charge is -2.34. The zero-order valence-corrected chi connectivity index (χ0v) is 26.0. The third-order valence-corrected chi connectivity index (χ3v) is 8.44. The molecule has 1 aromatic heterocycles. The lowest BCUT2D eigenvalue weighted by atomic mass is 9.92. The number of piperazine rings is 1. The smallest absolute Gasteiger partial charge is 0.330 e. The van der Waals surface area contributed by atoms with Crippen LogP contribution in [-0.4, -0.2) is 86.8 Å². The van der Waals surface area contributed by atoms with Crippen LogP contribution in [0.25, 0.3) is 17.0 Å². The van der Waals surface area contributed by atoms with Crippen molar-refractivity contribution >= 4 is 34.5 Å². The van der Waals surface area contributed by atoms with E-state index in [-0.39, 0.29) is 5.91 Å². The molecular formula is C35H44N4O5. The van der Waals surface area contributed by atoms with E-state index in [1.807, 2.05) is 36.4 Å². The van der Waals surface area contributed by atoms with Gasteiger partial charge in [0, 0.05) is 43.3 Å². The van der Waals surface area contributed by atoms with E-state index in [0.717, 1.165) is 106 Å². The highest BCUT2D eigenvalue weighted by Crippen LogP contribution is 2.33. The monoisotopic (exact) mass is 600 g/mol. The Bertz CT molecular complexity index is 1460. The number of anilines is 1. The summed E-state index contributed by atoms with van der Waals surface area (Å²) in [5, 5.41) is 4.33. The van der Waals surface area contributed by atoms with Crippen molar-refractivity contribution in [3.8, 4) is 11.5 Å². The highest BCUT2D eigenvalue weighted by Gasteiger charge is 2.22. The number of aromatic nitrogens is 1. The summed E-state index contributed by atoms with van der Waals surface area (Å²) in [6, 6.07) is 13.7. The first-order valence-electron chi connectivity index (χ1n) is 15.8. The fourth-order valence-electron chi connectivity index (χ4n) is 6.00. The standard InChI is InChI=1S/C35H44N4O5/c1-42-32-24-26(15-17-34(41)43-2)14-16-31(32)44-23-9-3-8-18-38-19-21-39(22-20-38)25-33(40)37-35-27-10-4-6-12-29(27)36-30-13-7-5-11-28(30)35/h4,6,10,12,14-17,24H,3,5,7-9,11,13,18-23,25H2,1-2H3,(H,36,37,40)/b17-15+. The van der Waals surface area contributed by atoms with Gasteiger partial charge in [0.25, 0.3) is 0 Å². The SMILES string of the molecule is COC(=O)/C=C/c1ccc(OCCCCCN2CCN(CC(=O)Nc3c4c(nc5ccccc35)CCCC4)CC2)c(OC)c1. The number of benzene rings is 2. The number of nitrogens with zero attached hydrogens (tertiary/aromatic N) is 3. The van der Waals surface area contributed by atoms with Gasteiger partial charge in [0.1, 0.15) is 0 Å². The topological polar surface area (TPSA) is 93.2 Å². The molecule has 2 heterocycles. The maximum Gasteiger partial charge on any atom is 0.330 e. The first-order valence-corrected chi connectivity index (χ1v) is 15.8. The first-order chi connectivity index (χ1) is 21.5. The maximum absolute atomic E-state index is 13.2. The van der Waals surface area contributed by atoms with Gasteiger partial charge >= 0.3 is 5.97 Å². The van der Waals surface area contributed by atoms with Crippen LogP contribution in [0.2, 0.25) is 0 Å². The molecule has 0 saturated carbocycles. The number of amides is 1. The molecule has 0 unspecified atom stereocenters. The second-order valence-corrected chi connectivity index (χ2v) is 11.5. The zero-order chi connectivity index (χ0) is 30.7. The van der Waals surface area contributed by atoms with Crippen molar-refractivity contribution in [3.05, 3.63) is 65.4 Å². The minimum Gasteiger partial charge on any atom is -0.493 e. The fourth-order valence-corrected chi connectivity index (χ4v) is 6.00. The second-order valence-electron chi connectivity index (χ2n) is 11.5. The Morgan fingerprint density at radius 3 is 2.55 bits per heavy atom. The molecule has 234 valence electrons. The summed E-state index contributed by atoms with van der Waals surface area (Å²) in [5.41, 5.74) is 5.14. The van der Waals surface area contributed by atoms with Gasteiger partial charge in [-0.25, -0.2) is 4.79 Å². The molecular weight excluding hydrogens is 556 g/mol. The average molecular weight is 601 g/mol. The molecule has 1 N–H and O–H groups in total. The third kappa shape index (κ3) is 8.36. The molecule has 1 aliphatic heterocycles. The highest BCUT2D eigenvalue weighted by molar-refractivity contribution is 6.03. The molecule has 2 aliphatic rings. The van der Waals surface area contributed by atoms with Gasteiger partial charge in [-0.2, -0.15) is 0 Å². The number of fused-ring (bicyclic) bond motifs is 2. The molecule has 0 bridgehead atoms. The van der Waals surface area contributed by atoms with Gasteiger partial charge in [-0.3, -0.25) is 14.7 Å². The Balaban J connectivity index is 1.00. The van der Waals surface area contributed by atoms with Crippen LogP contribution >= 0.6 is 0 Å². The lowest BCUT2D eigenvalue weighted by Crippen LogP contribution is -2.48. The number of pyridine rings is 1. The Morgan fingerprint density at radius 1 is 0.932 bits per heavy atom. The van der Waals surface area contributed by atoms with Crippen molar-refractivity contribution in [2.75, 3.05) is 65.4 Å². The van der Waals surface area contributed by atoms with E-state index in [4.69, 9.17) is 14.5 Å². The van der Waals surface area contributed by atoms with Crippen molar-refractivity contribution < 1.29 is 23.8 Å². The molecule has 1 aliphatic carbocycles. The van der Waals surface area contributed by atoms with Crippen molar-refractivity contribution in [2.24, 2.45) is 0 Å². The first kappa shape index (κ1) is 31.5. The second kappa shape index (κ2) is 15.7. The minimum atomic E-state index is -0.401. The zero-order valence-electron chi connectivity index (χ0n) is 26.0. The largest absolute Gasteiger partial charge is 0.493 e. The Morgan fingerprint density at radius 2 is 1.73 bits per heavy atom. The van der Waals surface area contributed by atoms with Gasteiger partial charge in [0.2, 0.25) is 5.91 Å². The van der Waals surface area contributed by atoms with Gasteiger partial charge in [0.05, 0.1) is 38.6 Å². The van der Waals surface area contributed by atoms with Gasteiger partial charge in [-0.15, -0.1) is 0 Å². The van der Waals surface area contributed by atoms with Gasteiger partial charge in [0.15, 0.2) is 11.5 Å². The molecule has 9 nitrogen and oxygen atoms in total. The van der Waals surface area contributed by atoms with Crippen LogP contribution in [0.15, 0.2) is 48.5 Å². The number of hydrogen-bond donors (Lipinski definition) is 1. The van der Waals surface area contributed by atoms with Crippen LogP contribution in [0.3, 0.4) is 0 Å². The van der Waals surface area contributed by atoms with E-state index in [1.54, 1.807) is 13.2 Å². The van der Waals surface area contributed by atoms with E-state index < -0.39 is 5.97 Å². The Hall–Kier alpha value is -3.95. The normalized spacial score (nSPS) is 15.7. The fraction of sp³-hybridized carbons (Fsp3) is 0.457. The number of methoxy groups -OCH3 is 2. The Labute approximate surface area is 260 Å². The molecule has 5 rings (SSSR count). The molecule has 0 radical (unpaired) electrons. The highest BCUT2D eigenvalue weighted by atomic mass is 16.5. The van der Waals surface area contributed by atoms with Crippen LogP contribution in [0.4, 0.5) is 5.69 Å². The number of para-hydroxylation sites is 1. The molecule has 44 heavy (non-hydrogen) atoms. The summed E-state index contributed by atoms with van der Waals surface area (Å²) >= 11 is 0. The molecule has 1 fully saturated rings. The summed E-state index contributed by atoms with van der Waals surface area (Å²) in [5.74, 6) is 0.991. The molecule has 0 atom stereocenters. The van der Waals surface area contributed by atoms with Crippen LogP contribution in [-0.2, 0) is 27.2 Å². The quantitative estimate of drug-likeness (QED) is 0.164. The van der Waals surface area contributed by atoms with Crippen molar-refractivity contribution in [1.29, 1.82) is 0 Å². The number of hydrogen-bond acceptors (Lipinski definition) is 8. The summed E-state index contributed by atoms with van der Waals surface area (Å²) in [6.45, 7) is 5.85. The lowest BCUT2D eigenvalue weighted by molar-refractivity contribution is -0.134. The number of carbonyl (C=O) groups is 2. The van der Waals surface area contributed by atoms with Gasteiger partial charge in [-0.1, -0.05) is 24.3 Å². The summed E-state index contributed by atoms with van der Waals surface area (Å²) in [6.07, 6.45) is 10.5. The minimum absolute atomic E-state index is 0.0616. The average Bonchev–Trinajstić information content (AvgIpc) is 3.06. The molecule has 0 spiro atoms. The molecule has 3 aromatic rings. The van der Waals surface area contributed by atoms with Crippen LogP contribution < -0.4 is 14.8 Å². The number of carbonyl (C=O) groups excluding carboxylic acids is 2. The van der Waals surface area contributed by atoms with Gasteiger partial charge < -0.3 is 24.4 Å². The maximum atomic E-state index is 13.2. The number of ether oxygens (including phenoxy) is 3. The number of esters is 1. The Kier molecular flexibility index (Phi) is 11.2. The van der Waals surface area contributed by atoms with Crippen molar-refractivity contribution in [3.63, 3.8) is 0 Å². The molecule has 2 aromatic carbocycles. The van der Waals surface area contributed by atoms with Crippen LogP contribution in [0, 0.1) is 0 Å². The molecule has 9 heteroatoms. The summed E-state index contributed by atoms with van der Waals surface area (Å²) < 4.78 is 16.1. The summed E-state index contributed by atoms with van der Waals surface area (Å²) in [7, 11) is 2.96. The third-order valence-electron chi connectivity index (χ3n) is 8.44. The number of unbranched alkanes of at least 4 members (excludes halogenated alkanes) is 2. The number of rotatable bonds is 13. The van der Waals surface area contributed by atoms with Crippen LogP contribution in [0.1, 0.15) is 48.9 Å².